The van der Waals surface area contributed by atoms with Gasteiger partial charge in [0.05, 0.1) is 6.21 Å². The third-order valence-corrected chi connectivity index (χ3v) is 3.73. The van der Waals surface area contributed by atoms with E-state index in [-0.39, 0.29) is 12.5 Å². The Balaban J connectivity index is 1.53. The van der Waals surface area contributed by atoms with Gasteiger partial charge in [-0.3, -0.25) is 4.79 Å². The maximum atomic E-state index is 11.7. The van der Waals surface area contributed by atoms with E-state index >= 15 is 0 Å². The van der Waals surface area contributed by atoms with Gasteiger partial charge in [0.15, 0.2) is 6.61 Å². The second-order valence-corrected chi connectivity index (χ2v) is 5.74. The van der Waals surface area contributed by atoms with Crippen LogP contribution in [0.5, 0.6) is 5.75 Å². The number of para-hydroxylation sites is 1. The summed E-state index contributed by atoms with van der Waals surface area (Å²) in [6, 6.07) is 15.2. The van der Waals surface area contributed by atoms with E-state index < -0.39 is 0 Å². The first kappa shape index (κ1) is 15.3. The van der Waals surface area contributed by atoms with Gasteiger partial charge in [-0.1, -0.05) is 34.1 Å². The number of aromatic nitrogens is 1. The maximum Gasteiger partial charge on any atom is 0.277 e. The average Bonchev–Trinajstić information content (AvgIpc) is 2.98. The Kier molecular flexibility index (Phi) is 4.73. The van der Waals surface area contributed by atoms with Gasteiger partial charge in [0.25, 0.3) is 5.91 Å². The number of hydrogen-bond acceptors (Lipinski definition) is 3. The number of ether oxygens (including phenoxy) is 1. The lowest BCUT2D eigenvalue weighted by molar-refractivity contribution is -0.123. The molecule has 0 bridgehead atoms. The SMILES string of the molecule is O=C(COc1ccc(Br)cc1)NN=Cc1c[nH]c2ccccc12. The van der Waals surface area contributed by atoms with Crippen LogP contribution in [0.3, 0.4) is 0 Å². The van der Waals surface area contributed by atoms with E-state index in [0.717, 1.165) is 20.9 Å². The highest BCUT2D eigenvalue weighted by atomic mass is 79.9. The monoisotopic (exact) mass is 371 g/mol. The minimum absolute atomic E-state index is 0.0904. The van der Waals surface area contributed by atoms with Crippen LogP contribution in [0.4, 0.5) is 0 Å². The van der Waals surface area contributed by atoms with Crippen LogP contribution in [0.15, 0.2) is 64.3 Å². The maximum absolute atomic E-state index is 11.7. The number of amides is 1. The van der Waals surface area contributed by atoms with Crippen molar-refractivity contribution in [1.82, 2.24) is 10.4 Å². The van der Waals surface area contributed by atoms with Gasteiger partial charge >= 0.3 is 0 Å². The molecule has 1 amide bonds. The number of rotatable bonds is 5. The van der Waals surface area contributed by atoms with Crippen molar-refractivity contribution in [2.24, 2.45) is 5.10 Å². The predicted molar refractivity (Wildman–Crippen MR) is 93.7 cm³/mol. The second-order valence-electron chi connectivity index (χ2n) is 4.83. The Morgan fingerprint density at radius 1 is 1.22 bits per heavy atom. The van der Waals surface area contributed by atoms with Gasteiger partial charge in [0.2, 0.25) is 0 Å². The van der Waals surface area contributed by atoms with Crippen molar-refractivity contribution in [2.45, 2.75) is 0 Å². The number of aromatic amines is 1. The zero-order valence-corrected chi connectivity index (χ0v) is 13.7. The van der Waals surface area contributed by atoms with E-state index in [0.29, 0.717) is 5.75 Å². The summed E-state index contributed by atoms with van der Waals surface area (Å²) in [5.41, 5.74) is 4.39. The molecule has 0 aliphatic rings. The van der Waals surface area contributed by atoms with Crippen LogP contribution in [0, 0.1) is 0 Å². The largest absolute Gasteiger partial charge is 0.484 e. The molecular formula is C17H14BrN3O2. The number of nitrogens with one attached hydrogen (secondary N) is 2. The van der Waals surface area contributed by atoms with Crippen molar-refractivity contribution in [2.75, 3.05) is 6.61 Å². The summed E-state index contributed by atoms with van der Waals surface area (Å²) in [6.07, 6.45) is 3.45. The van der Waals surface area contributed by atoms with Crippen molar-refractivity contribution in [3.63, 3.8) is 0 Å². The smallest absolute Gasteiger partial charge is 0.277 e. The van der Waals surface area contributed by atoms with E-state index in [1.165, 1.54) is 0 Å². The Morgan fingerprint density at radius 3 is 2.83 bits per heavy atom. The molecular weight excluding hydrogens is 358 g/mol. The number of benzene rings is 2. The predicted octanol–water partition coefficient (Wildman–Crippen LogP) is 3.46. The molecule has 2 aromatic carbocycles. The number of hydrazone groups is 1. The third-order valence-electron chi connectivity index (χ3n) is 3.20. The van der Waals surface area contributed by atoms with Crippen molar-refractivity contribution in [3.8, 4) is 5.75 Å². The third kappa shape index (κ3) is 3.98. The number of nitrogens with zero attached hydrogens (tertiary/aromatic N) is 1. The summed E-state index contributed by atoms with van der Waals surface area (Å²) in [7, 11) is 0. The molecule has 0 aliphatic heterocycles. The first-order chi connectivity index (χ1) is 11.2. The highest BCUT2D eigenvalue weighted by molar-refractivity contribution is 9.10. The number of hydrogen-bond donors (Lipinski definition) is 2. The molecule has 0 saturated carbocycles. The van der Waals surface area contributed by atoms with Crippen LogP contribution < -0.4 is 10.2 Å². The van der Waals surface area contributed by atoms with E-state index in [1.54, 1.807) is 18.3 Å². The summed E-state index contributed by atoms with van der Waals surface area (Å²) in [4.78, 5) is 14.9. The molecule has 3 rings (SSSR count). The van der Waals surface area contributed by atoms with Crippen molar-refractivity contribution in [3.05, 3.63) is 64.8 Å². The second kappa shape index (κ2) is 7.11. The fourth-order valence-corrected chi connectivity index (χ4v) is 2.35. The molecule has 2 N–H and O–H groups in total. The molecule has 0 spiro atoms. The minimum atomic E-state index is -0.316. The van der Waals surface area contributed by atoms with Crippen molar-refractivity contribution >= 4 is 39.0 Å². The highest BCUT2D eigenvalue weighted by Crippen LogP contribution is 2.16. The van der Waals surface area contributed by atoms with Gasteiger partial charge in [-0.2, -0.15) is 5.10 Å². The molecule has 0 saturated heterocycles. The van der Waals surface area contributed by atoms with E-state index in [1.807, 2.05) is 42.6 Å². The Labute approximate surface area is 141 Å². The topological polar surface area (TPSA) is 66.5 Å². The van der Waals surface area contributed by atoms with Gasteiger partial charge in [-0.05, 0) is 30.3 Å². The standard InChI is InChI=1S/C17H14BrN3O2/c18-13-5-7-14(8-6-13)23-11-17(22)21-20-10-12-9-19-16-4-2-1-3-15(12)16/h1-10,19H,11H2,(H,21,22). The Bertz CT molecular complexity index is 840. The van der Waals surface area contributed by atoms with Crippen LogP contribution in [-0.4, -0.2) is 23.7 Å². The number of carbonyl (C=O) groups excluding carboxylic acids is 1. The van der Waals surface area contributed by atoms with Crippen molar-refractivity contribution < 1.29 is 9.53 Å². The first-order valence-electron chi connectivity index (χ1n) is 6.99. The van der Waals surface area contributed by atoms with Gasteiger partial charge < -0.3 is 9.72 Å². The lowest BCUT2D eigenvalue weighted by Crippen LogP contribution is -2.24. The van der Waals surface area contributed by atoms with Crippen LogP contribution in [0.1, 0.15) is 5.56 Å². The molecule has 23 heavy (non-hydrogen) atoms. The molecule has 1 heterocycles. The van der Waals surface area contributed by atoms with Crippen LogP contribution in [0.25, 0.3) is 10.9 Å². The van der Waals surface area contributed by atoms with Gasteiger partial charge in [-0.25, -0.2) is 5.43 Å². The quantitative estimate of drug-likeness (QED) is 0.532. The van der Waals surface area contributed by atoms with E-state index in [2.05, 4.69) is 31.4 Å². The van der Waals surface area contributed by atoms with Crippen molar-refractivity contribution in [1.29, 1.82) is 0 Å². The first-order valence-corrected chi connectivity index (χ1v) is 7.78. The summed E-state index contributed by atoms with van der Waals surface area (Å²) >= 11 is 3.34. The number of H-pyrrole nitrogens is 1. The molecule has 3 aromatic rings. The van der Waals surface area contributed by atoms with Gasteiger partial charge in [0.1, 0.15) is 5.75 Å². The Hall–Kier alpha value is -2.60. The molecule has 116 valence electrons. The molecule has 0 radical (unpaired) electrons. The van der Waals surface area contributed by atoms with E-state index in [4.69, 9.17) is 4.74 Å². The van der Waals surface area contributed by atoms with Gasteiger partial charge in [-0.15, -0.1) is 0 Å². The normalized spacial score (nSPS) is 11.0. The summed E-state index contributed by atoms with van der Waals surface area (Å²) in [6.45, 7) is -0.0904. The summed E-state index contributed by atoms with van der Waals surface area (Å²) < 4.78 is 6.32. The van der Waals surface area contributed by atoms with Crippen LogP contribution in [-0.2, 0) is 4.79 Å². The van der Waals surface area contributed by atoms with E-state index in [9.17, 15) is 4.79 Å². The van der Waals surface area contributed by atoms with Gasteiger partial charge in [0, 0.05) is 27.1 Å². The van der Waals surface area contributed by atoms with Crippen LogP contribution in [0.2, 0.25) is 0 Å². The summed E-state index contributed by atoms with van der Waals surface area (Å²) in [5.74, 6) is 0.313. The molecule has 0 atom stereocenters. The lowest BCUT2D eigenvalue weighted by Gasteiger charge is -2.04. The summed E-state index contributed by atoms with van der Waals surface area (Å²) in [5, 5.41) is 5.01. The minimum Gasteiger partial charge on any atom is -0.484 e. The zero-order chi connectivity index (χ0) is 16.1. The fraction of sp³-hybridized carbons (Fsp3) is 0.0588. The highest BCUT2D eigenvalue weighted by Gasteiger charge is 2.02. The van der Waals surface area contributed by atoms with Crippen LogP contribution >= 0.6 is 15.9 Å². The lowest BCUT2D eigenvalue weighted by atomic mass is 10.2. The Morgan fingerprint density at radius 2 is 2.00 bits per heavy atom. The number of fused-ring (bicyclic) bond motifs is 1. The molecule has 0 aliphatic carbocycles. The molecule has 6 heteroatoms. The number of halogens is 1. The number of carbonyl (C=O) groups is 1. The molecule has 0 unspecified atom stereocenters. The average molecular weight is 372 g/mol. The molecule has 0 fully saturated rings. The fourth-order valence-electron chi connectivity index (χ4n) is 2.09. The molecule has 1 aromatic heterocycles. The zero-order valence-electron chi connectivity index (χ0n) is 12.1. The molecule has 5 nitrogen and oxygen atoms in total.